The Labute approximate surface area is 257 Å². The number of fused-ring (bicyclic) bond motifs is 6. The second kappa shape index (κ2) is 9.06. The molecule has 4 aromatic heterocycles. The molecule has 18 heteroatoms. The van der Waals surface area contributed by atoms with Crippen LogP contribution in [0.3, 0.4) is 0 Å². The summed E-state index contributed by atoms with van der Waals surface area (Å²) in [6, 6.07) is 12.9. The largest absolute Gasteiger partial charge is 0.412 e. The van der Waals surface area contributed by atoms with Crippen LogP contribution in [0.15, 0.2) is 73.3 Å². The minimum atomic E-state index is -1.12. The van der Waals surface area contributed by atoms with Crippen molar-refractivity contribution < 1.29 is 30.1 Å². The van der Waals surface area contributed by atoms with E-state index < -0.39 is 22.7 Å². The lowest BCUT2D eigenvalue weighted by atomic mass is 9.76. The van der Waals surface area contributed by atoms with Crippen molar-refractivity contribution in [1.82, 2.24) is 62.5 Å². The third-order valence-electron chi connectivity index (χ3n) is 8.83. The molecule has 8 heterocycles. The molecule has 8 amide bonds. The van der Waals surface area contributed by atoms with E-state index in [-0.39, 0.29) is 35.1 Å². The Kier molecular flexibility index (Phi) is 5.59. The molecule has 10 rings (SSSR count). The van der Waals surface area contributed by atoms with Gasteiger partial charge in [0.25, 0.3) is 0 Å². The maximum atomic E-state index is 12.1. The number of nitrogens with zero attached hydrogens (tertiary/aromatic N) is 4. The van der Waals surface area contributed by atoms with E-state index in [9.17, 15) is 19.2 Å². The molecule has 2 aliphatic carbocycles. The monoisotopic (exact) mass is 624 g/mol. The second-order valence-corrected chi connectivity index (χ2v) is 10.9. The van der Waals surface area contributed by atoms with E-state index >= 15 is 0 Å². The molecule has 0 aromatic carbocycles. The fourth-order valence-electron chi connectivity index (χ4n) is 7.30. The molecule has 0 bridgehead atoms. The zero-order valence-corrected chi connectivity index (χ0v) is 23.4. The first-order valence-electron chi connectivity index (χ1n) is 13.6. The summed E-state index contributed by atoms with van der Waals surface area (Å²) in [6.07, 6.45) is 6.65. The molecule has 232 valence electrons. The summed E-state index contributed by atoms with van der Waals surface area (Å²) in [5.41, 5.74) is 0.835. The molecule has 6 aliphatic rings. The summed E-state index contributed by atoms with van der Waals surface area (Å²) in [5.74, 6) is 0. The summed E-state index contributed by atoms with van der Waals surface area (Å²) in [7, 11) is 0. The van der Waals surface area contributed by atoms with Gasteiger partial charge in [-0.3, -0.25) is 19.9 Å². The van der Waals surface area contributed by atoms with Crippen molar-refractivity contribution in [2.75, 3.05) is 0 Å². The van der Waals surface area contributed by atoms with Crippen molar-refractivity contribution in [2.45, 2.75) is 22.7 Å². The van der Waals surface area contributed by atoms with Crippen molar-refractivity contribution in [3.63, 3.8) is 0 Å². The smallest absolute Gasteiger partial charge is 0.319 e. The van der Waals surface area contributed by atoms with E-state index in [1.807, 2.05) is 24.3 Å². The minimum Gasteiger partial charge on any atom is -0.412 e. The normalized spacial score (nSPS) is 28.7. The van der Waals surface area contributed by atoms with Gasteiger partial charge in [0, 0.05) is 47.0 Å². The Morgan fingerprint density at radius 3 is 0.761 bits per heavy atom. The first kappa shape index (κ1) is 28.4. The molecule has 12 N–H and O–H groups in total. The number of hydrogen-bond donors (Lipinski definition) is 8. The summed E-state index contributed by atoms with van der Waals surface area (Å²) in [4.78, 5) is 65.9. The van der Waals surface area contributed by atoms with E-state index in [4.69, 9.17) is 0 Å². The topological polar surface area (TPSA) is 279 Å². The van der Waals surface area contributed by atoms with Gasteiger partial charge < -0.3 is 53.5 Å². The van der Waals surface area contributed by atoms with Crippen LogP contribution in [0.4, 0.5) is 19.2 Å². The van der Waals surface area contributed by atoms with E-state index in [1.165, 1.54) is 0 Å². The number of aromatic nitrogens is 4. The number of urea groups is 4. The van der Waals surface area contributed by atoms with Crippen LogP contribution >= 0.6 is 0 Å². The zero-order chi connectivity index (χ0) is 29.9. The predicted octanol–water partition coefficient (Wildman–Crippen LogP) is -1.47. The van der Waals surface area contributed by atoms with Gasteiger partial charge in [-0.2, -0.15) is 0 Å². The van der Waals surface area contributed by atoms with E-state index in [2.05, 4.69) is 62.5 Å². The van der Waals surface area contributed by atoms with Crippen LogP contribution in [0.1, 0.15) is 22.3 Å². The van der Waals surface area contributed by atoms with Gasteiger partial charge in [-0.05, 0) is 24.3 Å². The number of amides is 8. The molecule has 4 fully saturated rings. The van der Waals surface area contributed by atoms with Gasteiger partial charge in [-0.1, -0.05) is 24.3 Å². The lowest BCUT2D eigenvalue weighted by Crippen LogP contribution is -2.62. The van der Waals surface area contributed by atoms with Gasteiger partial charge in [0.1, 0.15) is 0 Å². The van der Waals surface area contributed by atoms with Crippen molar-refractivity contribution in [1.29, 1.82) is 0 Å². The Balaban J connectivity index is 0.000000141. The zero-order valence-electron chi connectivity index (χ0n) is 23.4. The average Bonchev–Trinajstić information content (AvgIpc) is 3.68. The number of carbonyl (C=O) groups excluding carboxylic acids is 4. The molecule has 4 saturated heterocycles. The third-order valence-corrected chi connectivity index (χ3v) is 8.83. The van der Waals surface area contributed by atoms with Gasteiger partial charge in [-0.15, -0.1) is 0 Å². The predicted molar refractivity (Wildman–Crippen MR) is 156 cm³/mol. The van der Waals surface area contributed by atoms with Crippen LogP contribution in [-0.2, 0) is 22.7 Å². The maximum Gasteiger partial charge on any atom is 0.319 e. The Morgan fingerprint density at radius 1 is 0.370 bits per heavy atom. The van der Waals surface area contributed by atoms with Crippen molar-refractivity contribution >= 4 is 24.1 Å². The van der Waals surface area contributed by atoms with Crippen molar-refractivity contribution in [3.05, 3.63) is 95.6 Å². The maximum absolute atomic E-state index is 12.1. The number of carbonyl (C=O) groups is 4. The Morgan fingerprint density at radius 2 is 0.565 bits per heavy atom. The number of rotatable bonds is 0. The third kappa shape index (κ3) is 3.09. The van der Waals surface area contributed by atoms with Crippen LogP contribution in [-0.4, -0.2) is 55.0 Å². The summed E-state index contributed by atoms with van der Waals surface area (Å²) in [5, 5.41) is 22.7. The van der Waals surface area contributed by atoms with Gasteiger partial charge in [0.15, 0.2) is 22.7 Å². The Hall–Kier alpha value is -6.40. The molecule has 0 radical (unpaired) electrons. The van der Waals surface area contributed by atoms with Gasteiger partial charge in [-0.25, -0.2) is 19.2 Å². The van der Waals surface area contributed by atoms with E-state index in [0.717, 1.165) is 0 Å². The molecule has 4 aliphatic heterocycles. The molecular weight excluding hydrogens is 600 g/mol. The molecule has 0 atom stereocenters. The highest BCUT2D eigenvalue weighted by molar-refractivity contribution is 5.94. The lowest BCUT2D eigenvalue weighted by Gasteiger charge is -2.42. The van der Waals surface area contributed by atoms with Gasteiger partial charge in [0.05, 0.1) is 22.8 Å². The van der Waals surface area contributed by atoms with Gasteiger partial charge >= 0.3 is 24.1 Å². The highest BCUT2D eigenvalue weighted by Crippen LogP contribution is 2.52. The van der Waals surface area contributed by atoms with Crippen molar-refractivity contribution in [3.8, 4) is 22.8 Å². The first-order valence-corrected chi connectivity index (χ1v) is 13.6. The molecule has 0 spiro atoms. The average molecular weight is 625 g/mol. The minimum absolute atomic E-state index is 0. The molecule has 18 nitrogen and oxygen atoms in total. The second-order valence-electron chi connectivity index (χ2n) is 10.9. The van der Waals surface area contributed by atoms with Crippen LogP contribution in [0, 0.1) is 0 Å². The molecule has 0 unspecified atom stereocenters. The number of pyridine rings is 4. The molecule has 4 aromatic rings. The van der Waals surface area contributed by atoms with Crippen molar-refractivity contribution in [2.24, 2.45) is 0 Å². The molecule has 0 saturated carbocycles. The fraction of sp³-hybridized carbons (Fsp3) is 0.143. The van der Waals surface area contributed by atoms with Crippen LogP contribution in [0.25, 0.3) is 22.8 Å². The van der Waals surface area contributed by atoms with Gasteiger partial charge in [0.2, 0.25) is 0 Å². The summed E-state index contributed by atoms with van der Waals surface area (Å²) < 4.78 is 0. The standard InChI is InChI=1S/2C14H10N6O2.2H2O/c2*21-11-17-13-7-3-1-5-15-9(7)10-8(4-2-6-16-10)14(13,19-11)20-12(22)18-13;;/h2*1-6H,(H2,17,19,21)(H2,18,20,22);2*1H2. The number of nitrogens with one attached hydrogen (secondary N) is 8. The number of hydrogen-bond acceptors (Lipinski definition) is 8. The first-order chi connectivity index (χ1) is 21.3. The SMILES string of the molecule is O.O.O=C1NC23NC(=O)NC2(N1)c1cccnc1-c1ncccc13.O=C1NC23NC(=O)NC2(N1)c1cccnc1-c1ncccc13. The highest BCUT2D eigenvalue weighted by atomic mass is 16.2. The van der Waals surface area contributed by atoms with Crippen LogP contribution < -0.4 is 42.5 Å². The quantitative estimate of drug-likeness (QED) is 0.114. The Bertz CT molecular complexity index is 1700. The molecule has 46 heavy (non-hydrogen) atoms. The highest BCUT2D eigenvalue weighted by Gasteiger charge is 2.71. The summed E-state index contributed by atoms with van der Waals surface area (Å²) >= 11 is 0. The van der Waals surface area contributed by atoms with Crippen LogP contribution in [0.5, 0.6) is 0 Å². The summed E-state index contributed by atoms with van der Waals surface area (Å²) in [6.45, 7) is 0. The fourth-order valence-corrected chi connectivity index (χ4v) is 7.30. The van der Waals surface area contributed by atoms with E-state index in [0.29, 0.717) is 45.0 Å². The van der Waals surface area contributed by atoms with E-state index in [1.54, 1.807) is 49.1 Å². The molecular formula is C28H24N12O6. The van der Waals surface area contributed by atoms with Crippen LogP contribution in [0.2, 0.25) is 0 Å². The lowest BCUT2D eigenvalue weighted by molar-refractivity contribution is 0.204.